The Balaban J connectivity index is 1.96. The third-order valence-electron chi connectivity index (χ3n) is 4.19. The van der Waals surface area contributed by atoms with Crippen molar-refractivity contribution in [2.45, 2.75) is 70.4 Å². The summed E-state index contributed by atoms with van der Waals surface area (Å²) in [6.07, 6.45) is 8.51. The van der Waals surface area contributed by atoms with E-state index in [1.165, 1.54) is 32.1 Å². The number of hydrogen-bond donors (Lipinski definition) is 1. The lowest BCUT2D eigenvalue weighted by atomic mass is 9.85. The summed E-state index contributed by atoms with van der Waals surface area (Å²) in [6, 6.07) is 6.23. The average molecular weight is 340 g/mol. The van der Waals surface area contributed by atoms with Crippen molar-refractivity contribution in [1.82, 2.24) is 0 Å². The number of unbranched alkanes of at least 4 members (excludes halogenated alkanes) is 4. The average Bonchev–Trinajstić information content (AvgIpc) is 2.39. The van der Waals surface area contributed by atoms with Crippen molar-refractivity contribution < 1.29 is 4.74 Å². The van der Waals surface area contributed by atoms with E-state index >= 15 is 0 Å². The van der Waals surface area contributed by atoms with Gasteiger partial charge in [-0.2, -0.15) is 0 Å². The van der Waals surface area contributed by atoms with Gasteiger partial charge in [0, 0.05) is 22.5 Å². The fourth-order valence-electron chi connectivity index (χ4n) is 3.04. The monoisotopic (exact) mass is 339 g/mol. The second-order valence-electron chi connectivity index (χ2n) is 6.21. The Morgan fingerprint density at radius 3 is 2.80 bits per heavy atom. The highest BCUT2D eigenvalue weighted by molar-refractivity contribution is 9.10. The molecule has 0 aliphatic carbocycles. The lowest BCUT2D eigenvalue weighted by molar-refractivity contribution is 0.0429. The van der Waals surface area contributed by atoms with Crippen LogP contribution in [0.4, 0.5) is 0 Å². The fraction of sp³-hybridized carbons (Fsp3) is 0.647. The van der Waals surface area contributed by atoms with E-state index in [-0.39, 0.29) is 11.6 Å². The minimum Gasteiger partial charge on any atom is -0.487 e. The van der Waals surface area contributed by atoms with Gasteiger partial charge in [0.05, 0.1) is 0 Å². The maximum atomic E-state index is 6.34. The van der Waals surface area contributed by atoms with Crippen LogP contribution >= 0.6 is 15.9 Å². The molecule has 0 saturated carbocycles. The van der Waals surface area contributed by atoms with E-state index < -0.39 is 0 Å². The first-order chi connectivity index (χ1) is 9.54. The predicted octanol–water partition coefficient (Wildman–Crippen LogP) is 5.35. The molecule has 1 heterocycles. The Morgan fingerprint density at radius 1 is 1.30 bits per heavy atom. The second-order valence-corrected chi connectivity index (χ2v) is 7.12. The van der Waals surface area contributed by atoms with Gasteiger partial charge in [0.25, 0.3) is 0 Å². The van der Waals surface area contributed by atoms with Crippen LogP contribution in [0.5, 0.6) is 5.75 Å². The highest BCUT2D eigenvalue weighted by Gasteiger charge is 2.35. The van der Waals surface area contributed by atoms with Gasteiger partial charge >= 0.3 is 0 Å². The summed E-state index contributed by atoms with van der Waals surface area (Å²) >= 11 is 3.50. The van der Waals surface area contributed by atoms with Crippen LogP contribution in [0.15, 0.2) is 22.7 Å². The van der Waals surface area contributed by atoms with Crippen LogP contribution in [0.25, 0.3) is 0 Å². The second kappa shape index (κ2) is 6.95. The van der Waals surface area contributed by atoms with Crippen molar-refractivity contribution in [1.29, 1.82) is 0 Å². The van der Waals surface area contributed by atoms with Crippen LogP contribution in [0, 0.1) is 0 Å². The molecule has 20 heavy (non-hydrogen) atoms. The molecule has 1 aliphatic heterocycles. The van der Waals surface area contributed by atoms with E-state index in [9.17, 15) is 0 Å². The zero-order valence-electron chi connectivity index (χ0n) is 12.6. The summed E-state index contributed by atoms with van der Waals surface area (Å²) in [4.78, 5) is 0. The van der Waals surface area contributed by atoms with Gasteiger partial charge in [0.1, 0.15) is 11.4 Å². The van der Waals surface area contributed by atoms with Gasteiger partial charge in [-0.05, 0) is 38.0 Å². The molecular weight excluding hydrogens is 314 g/mol. The number of nitrogens with two attached hydrogens (primary N) is 1. The molecule has 3 heteroatoms. The van der Waals surface area contributed by atoms with E-state index in [4.69, 9.17) is 10.5 Å². The molecule has 2 atom stereocenters. The summed E-state index contributed by atoms with van der Waals surface area (Å²) in [5.41, 5.74) is 7.36. The van der Waals surface area contributed by atoms with Crippen LogP contribution in [0.3, 0.4) is 0 Å². The molecule has 1 unspecified atom stereocenters. The van der Waals surface area contributed by atoms with Crippen molar-refractivity contribution in [3.8, 4) is 5.75 Å². The van der Waals surface area contributed by atoms with Gasteiger partial charge in [-0.15, -0.1) is 0 Å². The van der Waals surface area contributed by atoms with Crippen molar-refractivity contribution in [3.05, 3.63) is 28.2 Å². The molecule has 2 rings (SSSR count). The molecule has 0 bridgehead atoms. The molecule has 0 radical (unpaired) electrons. The predicted molar refractivity (Wildman–Crippen MR) is 88.1 cm³/mol. The lowest BCUT2D eigenvalue weighted by Gasteiger charge is -2.39. The maximum Gasteiger partial charge on any atom is 0.124 e. The Hall–Kier alpha value is -0.540. The number of benzene rings is 1. The van der Waals surface area contributed by atoms with Crippen LogP contribution in [0.1, 0.15) is 70.4 Å². The first-order valence-electron chi connectivity index (χ1n) is 7.78. The topological polar surface area (TPSA) is 35.2 Å². The molecule has 2 nitrogen and oxygen atoms in total. The van der Waals surface area contributed by atoms with Gasteiger partial charge in [-0.25, -0.2) is 0 Å². The van der Waals surface area contributed by atoms with Gasteiger partial charge in [-0.3, -0.25) is 0 Å². The Labute approximate surface area is 131 Å². The van der Waals surface area contributed by atoms with Crippen molar-refractivity contribution in [3.63, 3.8) is 0 Å². The van der Waals surface area contributed by atoms with Gasteiger partial charge < -0.3 is 10.5 Å². The number of ether oxygens (including phenoxy) is 1. The quantitative estimate of drug-likeness (QED) is 0.709. The normalized spacial score (nSPS) is 25.1. The first kappa shape index (κ1) is 15.8. The summed E-state index contributed by atoms with van der Waals surface area (Å²) in [7, 11) is 0. The summed E-state index contributed by atoms with van der Waals surface area (Å²) in [5, 5.41) is 0. The van der Waals surface area contributed by atoms with E-state index in [1.807, 2.05) is 12.1 Å². The standard InChI is InChI=1S/C17H26BrNO/c1-3-4-5-6-7-10-17(2)12-15(19)14-11-13(18)8-9-16(14)20-17/h8-9,11,15H,3-7,10,12,19H2,1-2H3/t15-,17?/m1/s1. The number of halogens is 1. The minimum atomic E-state index is -0.105. The van der Waals surface area contributed by atoms with Crippen molar-refractivity contribution in [2.24, 2.45) is 5.73 Å². The Kier molecular flexibility index (Phi) is 5.50. The maximum absolute atomic E-state index is 6.34. The largest absolute Gasteiger partial charge is 0.487 e. The zero-order valence-corrected chi connectivity index (χ0v) is 14.2. The Morgan fingerprint density at radius 2 is 2.05 bits per heavy atom. The summed E-state index contributed by atoms with van der Waals surface area (Å²) < 4.78 is 7.32. The molecule has 0 saturated heterocycles. The van der Waals surface area contributed by atoms with E-state index in [0.29, 0.717) is 0 Å². The van der Waals surface area contributed by atoms with E-state index in [2.05, 4.69) is 35.8 Å². The molecule has 0 spiro atoms. The number of hydrogen-bond acceptors (Lipinski definition) is 2. The van der Waals surface area contributed by atoms with Gasteiger partial charge in [-0.1, -0.05) is 48.5 Å². The fourth-order valence-corrected chi connectivity index (χ4v) is 3.42. The van der Waals surface area contributed by atoms with Crippen LogP contribution < -0.4 is 10.5 Å². The summed E-state index contributed by atoms with van der Waals surface area (Å²) in [5.74, 6) is 0.961. The molecule has 2 N–H and O–H groups in total. The molecule has 0 aromatic heterocycles. The highest BCUT2D eigenvalue weighted by atomic mass is 79.9. The first-order valence-corrected chi connectivity index (χ1v) is 8.57. The van der Waals surface area contributed by atoms with E-state index in [1.54, 1.807) is 0 Å². The SMILES string of the molecule is CCCCCCCC1(C)C[C@@H](N)c2cc(Br)ccc2O1. The van der Waals surface area contributed by atoms with Crippen LogP contribution in [-0.2, 0) is 0 Å². The van der Waals surface area contributed by atoms with Crippen molar-refractivity contribution >= 4 is 15.9 Å². The van der Waals surface area contributed by atoms with Crippen LogP contribution in [-0.4, -0.2) is 5.60 Å². The number of fused-ring (bicyclic) bond motifs is 1. The zero-order chi connectivity index (χ0) is 14.6. The highest BCUT2D eigenvalue weighted by Crippen LogP contribution is 2.41. The lowest BCUT2D eigenvalue weighted by Crippen LogP contribution is -2.40. The smallest absolute Gasteiger partial charge is 0.124 e. The minimum absolute atomic E-state index is 0.0805. The molecule has 1 aliphatic rings. The van der Waals surface area contributed by atoms with E-state index in [0.717, 1.165) is 28.6 Å². The third-order valence-corrected chi connectivity index (χ3v) is 4.68. The van der Waals surface area contributed by atoms with Gasteiger partial charge in [0.2, 0.25) is 0 Å². The number of rotatable bonds is 6. The molecule has 112 valence electrons. The molecule has 0 amide bonds. The van der Waals surface area contributed by atoms with Crippen LogP contribution in [0.2, 0.25) is 0 Å². The summed E-state index contributed by atoms with van der Waals surface area (Å²) in [6.45, 7) is 4.46. The molecule has 0 fully saturated rings. The van der Waals surface area contributed by atoms with Gasteiger partial charge in [0.15, 0.2) is 0 Å². The molecule has 1 aromatic carbocycles. The Bertz CT molecular complexity index is 449. The van der Waals surface area contributed by atoms with Crippen molar-refractivity contribution in [2.75, 3.05) is 0 Å². The third kappa shape index (κ3) is 3.98. The molecular formula is C17H26BrNO. The molecule has 1 aromatic rings.